The number of aromatic nitrogens is 2. The summed E-state index contributed by atoms with van der Waals surface area (Å²) in [7, 11) is 1.87. The van der Waals surface area contributed by atoms with Crippen molar-refractivity contribution in [3.63, 3.8) is 0 Å². The Morgan fingerprint density at radius 2 is 2.26 bits per heavy atom. The van der Waals surface area contributed by atoms with Crippen molar-refractivity contribution >= 4 is 5.91 Å². The van der Waals surface area contributed by atoms with Crippen LogP contribution in [0.15, 0.2) is 30.5 Å². The molecule has 2 N–H and O–H groups in total. The highest BCUT2D eigenvalue weighted by atomic mass is 16.5. The molecular formula is C17H23N3O3. The number of nitrogens with one attached hydrogen (secondary N) is 1. The molecular weight excluding hydrogens is 294 g/mol. The fourth-order valence-electron chi connectivity index (χ4n) is 2.33. The Labute approximate surface area is 136 Å². The minimum absolute atomic E-state index is 0.0570. The van der Waals surface area contributed by atoms with Crippen molar-refractivity contribution in [2.75, 3.05) is 0 Å². The van der Waals surface area contributed by atoms with E-state index >= 15 is 0 Å². The van der Waals surface area contributed by atoms with Gasteiger partial charge in [0, 0.05) is 25.4 Å². The zero-order valence-corrected chi connectivity index (χ0v) is 13.7. The van der Waals surface area contributed by atoms with Crippen LogP contribution in [0, 0.1) is 0 Å². The molecule has 0 radical (unpaired) electrons. The summed E-state index contributed by atoms with van der Waals surface area (Å²) in [5.74, 6) is 0.375. The van der Waals surface area contributed by atoms with Crippen LogP contribution in [0.5, 0.6) is 5.75 Å². The number of aryl methyl sites for hydroxylation is 2. The van der Waals surface area contributed by atoms with Gasteiger partial charge in [-0.2, -0.15) is 5.10 Å². The normalized spacial score (nSPS) is 12.0. The van der Waals surface area contributed by atoms with E-state index in [2.05, 4.69) is 10.4 Å². The van der Waals surface area contributed by atoms with Gasteiger partial charge in [0.1, 0.15) is 5.75 Å². The molecule has 6 nitrogen and oxygen atoms in total. The minimum Gasteiger partial charge on any atom is -0.481 e. The number of rotatable bonds is 7. The number of aliphatic hydroxyl groups excluding tert-OH is 1. The first kappa shape index (κ1) is 17.0. The van der Waals surface area contributed by atoms with Crippen LogP contribution in [0.25, 0.3) is 0 Å². The molecule has 1 aromatic heterocycles. The van der Waals surface area contributed by atoms with Crippen molar-refractivity contribution in [3.05, 3.63) is 47.3 Å². The molecule has 0 aliphatic rings. The third-order valence-electron chi connectivity index (χ3n) is 3.54. The van der Waals surface area contributed by atoms with E-state index in [1.165, 1.54) is 0 Å². The molecule has 0 aliphatic heterocycles. The first-order chi connectivity index (χ1) is 11.0. The molecule has 1 unspecified atom stereocenters. The van der Waals surface area contributed by atoms with E-state index in [9.17, 15) is 4.79 Å². The zero-order chi connectivity index (χ0) is 16.8. The number of aliphatic hydroxyl groups is 1. The summed E-state index contributed by atoms with van der Waals surface area (Å²) >= 11 is 0. The van der Waals surface area contributed by atoms with Crippen LogP contribution in [-0.2, 0) is 31.4 Å². The Kier molecular flexibility index (Phi) is 5.76. The van der Waals surface area contributed by atoms with E-state index in [0.29, 0.717) is 12.3 Å². The van der Waals surface area contributed by atoms with Crippen LogP contribution in [0.1, 0.15) is 30.7 Å². The lowest BCUT2D eigenvalue weighted by Gasteiger charge is -2.15. The predicted octanol–water partition coefficient (Wildman–Crippen LogP) is 1.56. The lowest BCUT2D eigenvalue weighted by molar-refractivity contribution is -0.127. The smallest absolute Gasteiger partial charge is 0.261 e. The Bertz CT molecular complexity index is 667. The number of carbonyl (C=O) groups excluding carboxylic acids is 1. The van der Waals surface area contributed by atoms with Crippen molar-refractivity contribution < 1.29 is 14.6 Å². The van der Waals surface area contributed by atoms with Crippen molar-refractivity contribution in [3.8, 4) is 5.75 Å². The second kappa shape index (κ2) is 7.78. The number of ether oxygens (including phenoxy) is 1. The highest BCUT2D eigenvalue weighted by Crippen LogP contribution is 2.15. The van der Waals surface area contributed by atoms with Crippen molar-refractivity contribution in [2.24, 2.45) is 7.05 Å². The standard InChI is InChI=1S/C17H23N3O3/c1-4-16-14(10-20(3)19-16)9-18-17(22)12(2)23-15-7-5-6-13(8-15)11-21/h5-8,10,12,21H,4,9,11H2,1-3H3,(H,18,22). The van der Waals surface area contributed by atoms with E-state index in [1.807, 2.05) is 20.2 Å². The number of hydrogen-bond acceptors (Lipinski definition) is 4. The fourth-order valence-corrected chi connectivity index (χ4v) is 2.33. The first-order valence-corrected chi connectivity index (χ1v) is 7.69. The first-order valence-electron chi connectivity index (χ1n) is 7.69. The van der Waals surface area contributed by atoms with Crippen LogP contribution in [0.2, 0.25) is 0 Å². The molecule has 6 heteroatoms. The molecule has 0 saturated heterocycles. The van der Waals surface area contributed by atoms with Gasteiger partial charge in [0.15, 0.2) is 6.10 Å². The predicted molar refractivity (Wildman–Crippen MR) is 86.9 cm³/mol. The molecule has 1 aromatic carbocycles. The van der Waals surface area contributed by atoms with Crippen LogP contribution >= 0.6 is 0 Å². The summed E-state index contributed by atoms with van der Waals surface area (Å²) in [6.45, 7) is 4.11. The van der Waals surface area contributed by atoms with E-state index < -0.39 is 6.10 Å². The average molecular weight is 317 g/mol. The largest absolute Gasteiger partial charge is 0.481 e. The van der Waals surface area contributed by atoms with Gasteiger partial charge in [-0.25, -0.2) is 0 Å². The lowest BCUT2D eigenvalue weighted by atomic mass is 10.2. The number of amides is 1. The van der Waals surface area contributed by atoms with Gasteiger partial charge in [-0.1, -0.05) is 19.1 Å². The number of nitrogens with zero attached hydrogens (tertiary/aromatic N) is 2. The SMILES string of the molecule is CCc1nn(C)cc1CNC(=O)C(C)Oc1cccc(CO)c1. The summed E-state index contributed by atoms with van der Waals surface area (Å²) in [6, 6.07) is 7.07. The molecule has 2 rings (SSSR count). The van der Waals surface area contributed by atoms with Gasteiger partial charge in [-0.3, -0.25) is 9.48 Å². The minimum atomic E-state index is -0.620. The van der Waals surface area contributed by atoms with Crippen LogP contribution in [0.4, 0.5) is 0 Å². The van der Waals surface area contributed by atoms with E-state index in [0.717, 1.165) is 23.2 Å². The number of carbonyl (C=O) groups is 1. The Morgan fingerprint density at radius 3 is 2.96 bits per heavy atom. The van der Waals surface area contributed by atoms with Gasteiger partial charge >= 0.3 is 0 Å². The van der Waals surface area contributed by atoms with Gasteiger partial charge in [0.2, 0.25) is 0 Å². The maximum absolute atomic E-state index is 12.2. The second-order valence-corrected chi connectivity index (χ2v) is 5.41. The molecule has 2 aromatic rings. The van der Waals surface area contributed by atoms with Crippen LogP contribution < -0.4 is 10.1 Å². The van der Waals surface area contributed by atoms with Crippen LogP contribution in [0.3, 0.4) is 0 Å². The van der Waals surface area contributed by atoms with Gasteiger partial charge in [0.25, 0.3) is 5.91 Å². The van der Waals surface area contributed by atoms with Crippen molar-refractivity contribution in [1.82, 2.24) is 15.1 Å². The van der Waals surface area contributed by atoms with Gasteiger partial charge in [-0.05, 0) is 31.0 Å². The molecule has 0 bridgehead atoms. The second-order valence-electron chi connectivity index (χ2n) is 5.41. The quantitative estimate of drug-likeness (QED) is 0.812. The zero-order valence-electron chi connectivity index (χ0n) is 13.7. The third kappa shape index (κ3) is 4.56. The molecule has 23 heavy (non-hydrogen) atoms. The molecule has 1 heterocycles. The number of hydrogen-bond donors (Lipinski definition) is 2. The molecule has 1 atom stereocenters. The molecule has 0 fully saturated rings. The summed E-state index contributed by atoms with van der Waals surface area (Å²) in [5.41, 5.74) is 2.74. The van der Waals surface area contributed by atoms with Gasteiger partial charge in [0.05, 0.1) is 12.3 Å². The fraction of sp³-hybridized carbons (Fsp3) is 0.412. The molecule has 0 saturated carbocycles. The topological polar surface area (TPSA) is 76.4 Å². The highest BCUT2D eigenvalue weighted by molar-refractivity contribution is 5.80. The van der Waals surface area contributed by atoms with Gasteiger partial charge in [-0.15, -0.1) is 0 Å². The maximum Gasteiger partial charge on any atom is 0.261 e. The molecule has 0 aliphatic carbocycles. The van der Waals surface area contributed by atoms with Crippen molar-refractivity contribution in [1.29, 1.82) is 0 Å². The lowest BCUT2D eigenvalue weighted by Crippen LogP contribution is -2.36. The Hall–Kier alpha value is -2.34. The summed E-state index contributed by atoms with van der Waals surface area (Å²) in [6.07, 6.45) is 2.12. The van der Waals surface area contributed by atoms with E-state index in [-0.39, 0.29) is 12.5 Å². The summed E-state index contributed by atoms with van der Waals surface area (Å²) < 4.78 is 7.38. The summed E-state index contributed by atoms with van der Waals surface area (Å²) in [4.78, 5) is 12.2. The molecule has 124 valence electrons. The maximum atomic E-state index is 12.2. The van der Waals surface area contributed by atoms with Crippen molar-refractivity contribution in [2.45, 2.75) is 39.5 Å². The van der Waals surface area contributed by atoms with E-state index in [1.54, 1.807) is 35.9 Å². The average Bonchev–Trinajstić information content (AvgIpc) is 2.92. The van der Waals surface area contributed by atoms with Crippen LogP contribution in [-0.4, -0.2) is 26.9 Å². The Morgan fingerprint density at radius 1 is 1.48 bits per heavy atom. The third-order valence-corrected chi connectivity index (χ3v) is 3.54. The molecule has 1 amide bonds. The highest BCUT2D eigenvalue weighted by Gasteiger charge is 2.15. The van der Waals surface area contributed by atoms with Gasteiger partial charge < -0.3 is 15.2 Å². The summed E-state index contributed by atoms with van der Waals surface area (Å²) in [5, 5.41) is 16.3. The monoisotopic (exact) mass is 317 g/mol. The number of benzene rings is 1. The molecule has 0 spiro atoms. The Balaban J connectivity index is 1.91. The van der Waals surface area contributed by atoms with E-state index in [4.69, 9.17) is 9.84 Å².